The number of aliphatic carboxylic acids is 1. The Labute approximate surface area is 146 Å². The van der Waals surface area contributed by atoms with Gasteiger partial charge in [-0.05, 0) is 55.3 Å². The van der Waals surface area contributed by atoms with Crippen molar-refractivity contribution >= 4 is 5.97 Å². The standard InChI is InChI=1S/C20H20N2O3/c1-14-3-8-17(9-4-14)22-13-16(7-12-19(23)24)20(21-22)15-5-10-18(25-2)11-6-15/h3-6,8-11,13H,7,12H2,1-2H3,(H,23,24). The summed E-state index contributed by atoms with van der Waals surface area (Å²) in [6.07, 6.45) is 2.42. The van der Waals surface area contributed by atoms with Gasteiger partial charge in [0.05, 0.1) is 18.5 Å². The molecule has 0 fully saturated rings. The Morgan fingerprint density at radius 3 is 2.40 bits per heavy atom. The van der Waals surface area contributed by atoms with Crippen LogP contribution in [0.2, 0.25) is 0 Å². The third kappa shape index (κ3) is 3.88. The number of methoxy groups -OCH3 is 1. The van der Waals surface area contributed by atoms with Gasteiger partial charge in [-0.3, -0.25) is 4.79 Å². The van der Waals surface area contributed by atoms with Crippen molar-refractivity contribution in [2.24, 2.45) is 0 Å². The van der Waals surface area contributed by atoms with E-state index < -0.39 is 5.97 Å². The predicted octanol–water partition coefficient (Wildman–Crippen LogP) is 3.87. The maximum Gasteiger partial charge on any atom is 0.303 e. The van der Waals surface area contributed by atoms with Crippen molar-refractivity contribution in [2.75, 3.05) is 7.11 Å². The van der Waals surface area contributed by atoms with Crippen LogP contribution in [0.3, 0.4) is 0 Å². The zero-order valence-corrected chi connectivity index (χ0v) is 14.3. The normalized spacial score (nSPS) is 10.6. The molecule has 0 amide bonds. The SMILES string of the molecule is COc1ccc(-c2nn(-c3ccc(C)cc3)cc2CCC(=O)O)cc1. The molecule has 0 bridgehead atoms. The van der Waals surface area contributed by atoms with E-state index in [1.54, 1.807) is 11.8 Å². The van der Waals surface area contributed by atoms with Gasteiger partial charge in [0, 0.05) is 18.2 Å². The number of hydrogen-bond donors (Lipinski definition) is 1. The van der Waals surface area contributed by atoms with Crippen molar-refractivity contribution in [3.63, 3.8) is 0 Å². The van der Waals surface area contributed by atoms with Crippen LogP contribution in [0.25, 0.3) is 16.9 Å². The van der Waals surface area contributed by atoms with Gasteiger partial charge < -0.3 is 9.84 Å². The van der Waals surface area contributed by atoms with Crippen LogP contribution in [0, 0.1) is 6.92 Å². The molecule has 0 saturated heterocycles. The Bertz CT molecular complexity index is 865. The minimum Gasteiger partial charge on any atom is -0.497 e. The molecule has 5 nitrogen and oxygen atoms in total. The minimum atomic E-state index is -0.816. The van der Waals surface area contributed by atoms with Crippen LogP contribution in [0.1, 0.15) is 17.5 Å². The first-order chi connectivity index (χ1) is 12.1. The molecule has 1 N–H and O–H groups in total. The third-order valence-corrected chi connectivity index (χ3v) is 4.06. The van der Waals surface area contributed by atoms with Crippen LogP contribution in [0.15, 0.2) is 54.7 Å². The van der Waals surface area contributed by atoms with Crippen LogP contribution < -0.4 is 4.74 Å². The summed E-state index contributed by atoms with van der Waals surface area (Å²) in [5.74, 6) is -0.0439. The second-order valence-electron chi connectivity index (χ2n) is 5.91. The largest absolute Gasteiger partial charge is 0.497 e. The van der Waals surface area contributed by atoms with Gasteiger partial charge in [0.2, 0.25) is 0 Å². The molecule has 0 radical (unpaired) electrons. The molecule has 25 heavy (non-hydrogen) atoms. The molecule has 0 atom stereocenters. The number of aryl methyl sites for hydroxylation is 2. The summed E-state index contributed by atoms with van der Waals surface area (Å²) in [5.41, 5.74) is 4.77. The molecule has 3 rings (SSSR count). The lowest BCUT2D eigenvalue weighted by Gasteiger charge is -2.03. The number of ether oxygens (including phenoxy) is 1. The van der Waals surface area contributed by atoms with Gasteiger partial charge in [0.1, 0.15) is 5.75 Å². The number of hydrogen-bond acceptors (Lipinski definition) is 3. The molecular formula is C20H20N2O3. The molecule has 0 saturated carbocycles. The summed E-state index contributed by atoms with van der Waals surface area (Å²) in [5, 5.41) is 13.7. The zero-order valence-electron chi connectivity index (χ0n) is 14.3. The number of carboxylic acid groups (broad SMARTS) is 1. The molecule has 0 aliphatic carbocycles. The van der Waals surface area contributed by atoms with Gasteiger partial charge in [-0.1, -0.05) is 17.7 Å². The van der Waals surface area contributed by atoms with Crippen molar-refractivity contribution in [1.29, 1.82) is 0 Å². The predicted molar refractivity (Wildman–Crippen MR) is 96.2 cm³/mol. The number of aromatic nitrogens is 2. The average Bonchev–Trinajstić information content (AvgIpc) is 3.05. The highest BCUT2D eigenvalue weighted by atomic mass is 16.5. The van der Waals surface area contributed by atoms with Crippen molar-refractivity contribution in [3.05, 3.63) is 65.9 Å². The third-order valence-electron chi connectivity index (χ3n) is 4.06. The Hall–Kier alpha value is -3.08. The number of benzene rings is 2. The Morgan fingerprint density at radius 1 is 1.12 bits per heavy atom. The van der Waals surface area contributed by atoms with E-state index in [2.05, 4.69) is 0 Å². The van der Waals surface area contributed by atoms with Gasteiger partial charge in [0.15, 0.2) is 0 Å². The highest BCUT2D eigenvalue weighted by Crippen LogP contribution is 2.26. The van der Waals surface area contributed by atoms with Gasteiger partial charge in [-0.2, -0.15) is 5.10 Å². The van der Waals surface area contributed by atoms with E-state index in [9.17, 15) is 4.79 Å². The lowest BCUT2D eigenvalue weighted by molar-refractivity contribution is -0.136. The molecule has 1 aromatic heterocycles. The highest BCUT2D eigenvalue weighted by molar-refractivity contribution is 5.69. The van der Waals surface area contributed by atoms with E-state index >= 15 is 0 Å². The van der Waals surface area contributed by atoms with Crippen LogP contribution in [-0.4, -0.2) is 28.0 Å². The number of carboxylic acids is 1. The fourth-order valence-electron chi connectivity index (χ4n) is 2.66. The van der Waals surface area contributed by atoms with Crippen molar-refractivity contribution in [3.8, 4) is 22.7 Å². The molecule has 128 valence electrons. The van der Waals surface area contributed by atoms with E-state index in [0.717, 1.165) is 28.3 Å². The van der Waals surface area contributed by atoms with Crippen molar-refractivity contribution < 1.29 is 14.6 Å². The fourth-order valence-corrected chi connectivity index (χ4v) is 2.66. The van der Waals surface area contributed by atoms with Gasteiger partial charge in [0.25, 0.3) is 0 Å². The van der Waals surface area contributed by atoms with Crippen molar-refractivity contribution in [2.45, 2.75) is 19.8 Å². The summed E-state index contributed by atoms with van der Waals surface area (Å²) in [6.45, 7) is 2.04. The molecule has 0 aliphatic rings. The average molecular weight is 336 g/mol. The first-order valence-corrected chi connectivity index (χ1v) is 8.08. The maximum atomic E-state index is 11.0. The zero-order chi connectivity index (χ0) is 17.8. The second kappa shape index (κ2) is 7.21. The molecule has 1 heterocycles. The molecule has 5 heteroatoms. The lowest BCUT2D eigenvalue weighted by Crippen LogP contribution is -1.97. The van der Waals surface area contributed by atoms with Gasteiger partial charge in [-0.15, -0.1) is 0 Å². The second-order valence-corrected chi connectivity index (χ2v) is 5.91. The molecule has 3 aromatic rings. The van der Waals surface area contributed by atoms with Crippen LogP contribution in [0.4, 0.5) is 0 Å². The Kier molecular flexibility index (Phi) is 4.84. The van der Waals surface area contributed by atoms with Gasteiger partial charge in [-0.25, -0.2) is 4.68 Å². The van der Waals surface area contributed by atoms with E-state index in [4.69, 9.17) is 14.9 Å². The summed E-state index contributed by atoms with van der Waals surface area (Å²) in [4.78, 5) is 11.0. The van der Waals surface area contributed by atoms with E-state index in [-0.39, 0.29) is 6.42 Å². The summed E-state index contributed by atoms with van der Waals surface area (Å²) >= 11 is 0. The number of nitrogens with zero attached hydrogens (tertiary/aromatic N) is 2. The maximum absolute atomic E-state index is 11.0. The summed E-state index contributed by atoms with van der Waals surface area (Å²) in [7, 11) is 1.62. The lowest BCUT2D eigenvalue weighted by atomic mass is 10.0. The molecular weight excluding hydrogens is 316 g/mol. The van der Waals surface area contributed by atoms with E-state index in [0.29, 0.717) is 6.42 Å². The minimum absolute atomic E-state index is 0.0722. The van der Waals surface area contributed by atoms with Crippen LogP contribution >= 0.6 is 0 Å². The summed E-state index contributed by atoms with van der Waals surface area (Å²) < 4.78 is 7.00. The van der Waals surface area contributed by atoms with Gasteiger partial charge >= 0.3 is 5.97 Å². The quantitative estimate of drug-likeness (QED) is 0.742. The smallest absolute Gasteiger partial charge is 0.303 e. The molecule has 2 aromatic carbocycles. The first kappa shape index (κ1) is 16.8. The molecule has 0 spiro atoms. The molecule has 0 unspecified atom stereocenters. The number of rotatable bonds is 6. The topological polar surface area (TPSA) is 64.4 Å². The summed E-state index contributed by atoms with van der Waals surface area (Å²) in [6, 6.07) is 15.7. The Balaban J connectivity index is 2.01. The highest BCUT2D eigenvalue weighted by Gasteiger charge is 2.13. The van der Waals surface area contributed by atoms with E-state index in [1.807, 2.05) is 61.7 Å². The van der Waals surface area contributed by atoms with E-state index in [1.165, 1.54) is 5.56 Å². The Morgan fingerprint density at radius 2 is 1.80 bits per heavy atom. The first-order valence-electron chi connectivity index (χ1n) is 8.08. The van der Waals surface area contributed by atoms with Crippen LogP contribution in [0.5, 0.6) is 5.75 Å². The monoisotopic (exact) mass is 336 g/mol. The van der Waals surface area contributed by atoms with Crippen LogP contribution in [-0.2, 0) is 11.2 Å². The van der Waals surface area contributed by atoms with Crippen molar-refractivity contribution in [1.82, 2.24) is 9.78 Å². The fraction of sp³-hybridized carbons (Fsp3) is 0.200. The number of carbonyl (C=O) groups is 1. The molecule has 0 aliphatic heterocycles.